The largest absolute Gasteiger partial charge is 0.491 e. The van der Waals surface area contributed by atoms with E-state index >= 15 is 0 Å². The summed E-state index contributed by atoms with van der Waals surface area (Å²) in [7, 11) is 1.38. The molecule has 1 aromatic carbocycles. The van der Waals surface area contributed by atoms with Crippen LogP contribution < -0.4 is 15.4 Å². The van der Waals surface area contributed by atoms with Gasteiger partial charge in [-0.25, -0.2) is 4.79 Å². The molecule has 1 aliphatic rings. The van der Waals surface area contributed by atoms with E-state index in [1.165, 1.54) is 7.11 Å². The third kappa shape index (κ3) is 4.63. The zero-order chi connectivity index (χ0) is 17.7. The first kappa shape index (κ1) is 18.1. The second-order valence-electron chi connectivity index (χ2n) is 6.41. The highest BCUT2D eigenvalue weighted by atomic mass is 16.5. The van der Waals surface area contributed by atoms with Crippen LogP contribution in [0.2, 0.25) is 0 Å². The third-order valence-corrected chi connectivity index (χ3v) is 4.15. The first-order chi connectivity index (χ1) is 11.4. The summed E-state index contributed by atoms with van der Waals surface area (Å²) < 4.78 is 10.4. The lowest BCUT2D eigenvalue weighted by atomic mass is 10.0. The molecule has 1 fully saturated rings. The van der Waals surface area contributed by atoms with E-state index in [0.29, 0.717) is 0 Å². The topological polar surface area (TPSA) is 76.7 Å². The van der Waals surface area contributed by atoms with Gasteiger partial charge in [0.25, 0.3) is 0 Å². The van der Waals surface area contributed by atoms with Crippen LogP contribution >= 0.6 is 0 Å². The molecule has 1 aromatic rings. The molecule has 0 heterocycles. The molecule has 0 bridgehead atoms. The van der Waals surface area contributed by atoms with Crippen LogP contribution in [0, 0.1) is 12.8 Å². The average molecular weight is 334 g/mol. The molecule has 0 saturated heterocycles. The van der Waals surface area contributed by atoms with Crippen molar-refractivity contribution < 1.29 is 19.1 Å². The fraction of sp³-hybridized carbons (Fsp3) is 0.556. The average Bonchev–Trinajstić information content (AvgIpc) is 2.96. The van der Waals surface area contributed by atoms with Gasteiger partial charge in [-0.3, -0.25) is 4.79 Å². The van der Waals surface area contributed by atoms with Gasteiger partial charge >= 0.3 is 12.0 Å². The van der Waals surface area contributed by atoms with Gasteiger partial charge in [-0.15, -0.1) is 0 Å². The summed E-state index contributed by atoms with van der Waals surface area (Å²) in [5, 5.41) is 5.72. The van der Waals surface area contributed by atoms with Crippen LogP contribution in [0.5, 0.6) is 5.75 Å². The molecule has 0 unspecified atom stereocenters. The van der Waals surface area contributed by atoms with E-state index in [4.69, 9.17) is 9.47 Å². The summed E-state index contributed by atoms with van der Waals surface area (Å²) in [6.45, 7) is 5.85. The third-order valence-electron chi connectivity index (χ3n) is 4.15. The van der Waals surface area contributed by atoms with Crippen LogP contribution in [0.4, 0.5) is 10.5 Å². The Morgan fingerprint density at radius 3 is 2.62 bits per heavy atom. The van der Waals surface area contributed by atoms with Gasteiger partial charge < -0.3 is 20.1 Å². The van der Waals surface area contributed by atoms with Gasteiger partial charge in [0.2, 0.25) is 0 Å². The van der Waals surface area contributed by atoms with Gasteiger partial charge in [-0.2, -0.15) is 0 Å². The number of benzene rings is 1. The van der Waals surface area contributed by atoms with Crippen molar-refractivity contribution in [2.45, 2.75) is 52.2 Å². The number of anilines is 1. The highest BCUT2D eigenvalue weighted by Crippen LogP contribution is 2.27. The van der Waals surface area contributed by atoms with E-state index in [1.807, 2.05) is 39.0 Å². The number of carbonyl (C=O) groups excluding carboxylic acids is 2. The van der Waals surface area contributed by atoms with E-state index in [-0.39, 0.29) is 30.1 Å². The molecule has 24 heavy (non-hydrogen) atoms. The minimum absolute atomic E-state index is 0.101. The Balaban J connectivity index is 1.96. The number of rotatable bonds is 5. The van der Waals surface area contributed by atoms with Crippen molar-refractivity contribution in [2.75, 3.05) is 12.4 Å². The van der Waals surface area contributed by atoms with E-state index in [2.05, 4.69) is 10.6 Å². The summed E-state index contributed by atoms with van der Waals surface area (Å²) in [4.78, 5) is 24.0. The molecule has 132 valence electrons. The van der Waals surface area contributed by atoms with E-state index in [0.717, 1.165) is 36.3 Å². The van der Waals surface area contributed by atoms with Crippen molar-refractivity contribution in [1.29, 1.82) is 0 Å². The van der Waals surface area contributed by atoms with Crippen LogP contribution in [0.15, 0.2) is 18.2 Å². The molecular weight excluding hydrogens is 308 g/mol. The molecule has 2 rings (SSSR count). The van der Waals surface area contributed by atoms with E-state index < -0.39 is 0 Å². The summed E-state index contributed by atoms with van der Waals surface area (Å²) in [5.41, 5.74) is 1.63. The second kappa shape index (κ2) is 8.04. The number of hydrogen-bond acceptors (Lipinski definition) is 4. The number of ether oxygens (including phenoxy) is 2. The van der Waals surface area contributed by atoms with Gasteiger partial charge in [0.15, 0.2) is 0 Å². The van der Waals surface area contributed by atoms with Crippen LogP contribution in [0.25, 0.3) is 0 Å². The number of urea groups is 1. The van der Waals surface area contributed by atoms with Crippen LogP contribution in [-0.4, -0.2) is 31.3 Å². The highest BCUT2D eigenvalue weighted by Gasteiger charge is 2.34. The molecular formula is C18H26N2O4. The molecule has 0 aliphatic heterocycles. The van der Waals surface area contributed by atoms with Gasteiger partial charge in [-0.1, -0.05) is 6.42 Å². The summed E-state index contributed by atoms with van der Waals surface area (Å²) in [5.74, 6) is 0.253. The Bertz CT molecular complexity index is 601. The Labute approximate surface area is 142 Å². The fourth-order valence-corrected chi connectivity index (χ4v) is 3.01. The normalized spacial score (nSPS) is 19.9. The van der Waals surface area contributed by atoms with Crippen molar-refractivity contribution in [3.05, 3.63) is 23.8 Å². The zero-order valence-electron chi connectivity index (χ0n) is 14.7. The number of amides is 2. The summed E-state index contributed by atoms with van der Waals surface area (Å²) in [6, 6.07) is 5.05. The van der Waals surface area contributed by atoms with Crippen LogP contribution in [0.3, 0.4) is 0 Å². The van der Waals surface area contributed by atoms with Gasteiger partial charge in [0.1, 0.15) is 5.75 Å². The molecule has 2 amide bonds. The monoisotopic (exact) mass is 334 g/mol. The minimum atomic E-state index is -0.309. The maximum Gasteiger partial charge on any atom is 0.319 e. The van der Waals surface area contributed by atoms with Crippen LogP contribution in [0.1, 0.15) is 38.7 Å². The Morgan fingerprint density at radius 1 is 1.25 bits per heavy atom. The van der Waals surface area contributed by atoms with E-state index in [1.54, 1.807) is 0 Å². The first-order valence-corrected chi connectivity index (χ1v) is 8.33. The Kier molecular flexibility index (Phi) is 6.06. The number of hydrogen-bond donors (Lipinski definition) is 2. The lowest BCUT2D eigenvalue weighted by Crippen LogP contribution is -2.42. The van der Waals surface area contributed by atoms with Crippen molar-refractivity contribution in [1.82, 2.24) is 5.32 Å². The number of aryl methyl sites for hydroxylation is 1. The molecule has 6 heteroatoms. The van der Waals surface area contributed by atoms with Crippen molar-refractivity contribution in [2.24, 2.45) is 5.92 Å². The van der Waals surface area contributed by atoms with E-state index in [9.17, 15) is 9.59 Å². The molecule has 2 N–H and O–H groups in total. The molecule has 0 spiro atoms. The SMILES string of the molecule is COC(=O)[C@@H]1CCC[C@@H]1NC(=O)Nc1ccc(OC(C)C)cc1C. The fourth-order valence-electron chi connectivity index (χ4n) is 3.01. The minimum Gasteiger partial charge on any atom is -0.491 e. The van der Waals surface area contributed by atoms with Crippen molar-refractivity contribution in [3.8, 4) is 5.75 Å². The molecule has 1 saturated carbocycles. The molecule has 6 nitrogen and oxygen atoms in total. The lowest BCUT2D eigenvalue weighted by molar-refractivity contribution is -0.145. The highest BCUT2D eigenvalue weighted by molar-refractivity contribution is 5.90. The van der Waals surface area contributed by atoms with Gasteiger partial charge in [0, 0.05) is 11.7 Å². The number of esters is 1. The number of nitrogens with one attached hydrogen (secondary N) is 2. The van der Waals surface area contributed by atoms with Gasteiger partial charge in [-0.05, 0) is 57.4 Å². The van der Waals surface area contributed by atoms with Crippen molar-refractivity contribution >= 4 is 17.7 Å². The summed E-state index contributed by atoms with van der Waals surface area (Å²) in [6.07, 6.45) is 2.54. The number of methoxy groups -OCH3 is 1. The van der Waals surface area contributed by atoms with Crippen LogP contribution in [-0.2, 0) is 9.53 Å². The summed E-state index contributed by atoms with van der Waals surface area (Å²) >= 11 is 0. The predicted molar refractivity (Wildman–Crippen MR) is 92.2 cm³/mol. The second-order valence-corrected chi connectivity index (χ2v) is 6.41. The molecule has 0 aromatic heterocycles. The Hall–Kier alpha value is -2.24. The Morgan fingerprint density at radius 2 is 2.00 bits per heavy atom. The quantitative estimate of drug-likeness (QED) is 0.811. The standard InChI is InChI=1S/C18H26N2O4/c1-11(2)24-13-8-9-15(12(3)10-13)19-18(22)20-16-7-5-6-14(16)17(21)23-4/h8-11,14,16H,5-7H2,1-4H3,(H2,19,20,22)/t14-,16+/m1/s1. The smallest absolute Gasteiger partial charge is 0.319 e. The first-order valence-electron chi connectivity index (χ1n) is 8.33. The van der Waals surface area contributed by atoms with Crippen molar-refractivity contribution in [3.63, 3.8) is 0 Å². The lowest BCUT2D eigenvalue weighted by Gasteiger charge is -2.20. The predicted octanol–water partition coefficient (Wildman–Crippen LogP) is 3.25. The maximum atomic E-state index is 12.2. The van der Waals surface area contributed by atoms with Gasteiger partial charge in [0.05, 0.1) is 19.1 Å². The zero-order valence-corrected chi connectivity index (χ0v) is 14.7. The molecule has 2 atom stereocenters. The number of carbonyl (C=O) groups is 2. The molecule has 0 radical (unpaired) electrons. The molecule has 1 aliphatic carbocycles. The maximum absolute atomic E-state index is 12.2.